The van der Waals surface area contributed by atoms with Gasteiger partial charge < -0.3 is 0 Å². The summed E-state index contributed by atoms with van der Waals surface area (Å²) in [7, 11) is 0. The summed E-state index contributed by atoms with van der Waals surface area (Å²) in [6, 6.07) is 48.2. The van der Waals surface area contributed by atoms with Crippen molar-refractivity contribution < 1.29 is 0 Å². The molecule has 3 heterocycles. The third-order valence-corrected chi connectivity index (χ3v) is 8.24. The van der Waals surface area contributed by atoms with Crippen molar-refractivity contribution in [1.29, 1.82) is 0 Å². The SMILES string of the molecule is c1ccc(-n2nc3ccccc3n2)c(-c2ccc3ccc4ccc(-c5ccc6c(ccc7ccccc76)c5)nc4c3n2)c1. The van der Waals surface area contributed by atoms with E-state index >= 15 is 0 Å². The molecule has 43 heavy (non-hydrogen) atoms. The number of benzene rings is 6. The van der Waals surface area contributed by atoms with Crippen LogP contribution in [-0.2, 0) is 0 Å². The van der Waals surface area contributed by atoms with E-state index in [1.165, 1.54) is 21.5 Å². The predicted molar refractivity (Wildman–Crippen MR) is 175 cm³/mol. The van der Waals surface area contributed by atoms with Crippen molar-refractivity contribution in [3.63, 3.8) is 0 Å². The molecule has 6 aromatic carbocycles. The Bertz CT molecular complexity index is 2500. The van der Waals surface area contributed by atoms with E-state index in [0.29, 0.717) is 0 Å². The van der Waals surface area contributed by atoms with Crippen LogP contribution in [0.2, 0.25) is 0 Å². The second-order valence-electron chi connectivity index (χ2n) is 10.8. The second kappa shape index (κ2) is 9.29. The highest BCUT2D eigenvalue weighted by molar-refractivity contribution is 6.09. The highest BCUT2D eigenvalue weighted by Crippen LogP contribution is 2.33. The Morgan fingerprint density at radius 3 is 1.81 bits per heavy atom. The van der Waals surface area contributed by atoms with Gasteiger partial charge in [-0.15, -0.1) is 15.0 Å². The average molecular weight is 550 g/mol. The third kappa shape index (κ3) is 3.86. The zero-order valence-corrected chi connectivity index (χ0v) is 23.0. The topological polar surface area (TPSA) is 56.5 Å². The molecule has 0 amide bonds. The molecule has 0 aliphatic rings. The molecule has 0 spiro atoms. The predicted octanol–water partition coefficient (Wildman–Crippen LogP) is 9.16. The summed E-state index contributed by atoms with van der Waals surface area (Å²) in [6.45, 7) is 0. The highest BCUT2D eigenvalue weighted by Gasteiger charge is 2.14. The standard InChI is InChI=1S/C38H23N5/c1-2-8-29-24(7-1)13-16-27-23-28(17-20-30(27)29)32-21-18-25-14-15-26-19-22-33(40-38(26)37(25)39-32)31-9-3-6-12-36(31)43-41-34-10-4-5-11-35(34)42-43/h1-23H. The maximum atomic E-state index is 5.20. The molecule has 5 heteroatoms. The van der Waals surface area contributed by atoms with Crippen LogP contribution in [0, 0.1) is 0 Å². The number of pyridine rings is 2. The van der Waals surface area contributed by atoms with E-state index in [0.717, 1.165) is 61.0 Å². The van der Waals surface area contributed by atoms with Crippen molar-refractivity contribution in [2.75, 3.05) is 0 Å². The maximum absolute atomic E-state index is 5.20. The van der Waals surface area contributed by atoms with Crippen LogP contribution in [0.4, 0.5) is 0 Å². The molecule has 3 aromatic heterocycles. The molecule has 0 atom stereocenters. The van der Waals surface area contributed by atoms with Crippen LogP contribution in [0.25, 0.3) is 82.6 Å². The number of para-hydroxylation sites is 1. The number of aromatic nitrogens is 5. The molecule has 200 valence electrons. The minimum atomic E-state index is 0.849. The first-order valence-electron chi connectivity index (χ1n) is 14.3. The first-order valence-corrected chi connectivity index (χ1v) is 14.3. The van der Waals surface area contributed by atoms with Gasteiger partial charge >= 0.3 is 0 Å². The van der Waals surface area contributed by atoms with Crippen LogP contribution in [-0.4, -0.2) is 25.0 Å². The van der Waals surface area contributed by atoms with Crippen molar-refractivity contribution in [2.45, 2.75) is 0 Å². The minimum Gasteiger partial charge on any atom is -0.245 e. The smallest absolute Gasteiger partial charge is 0.113 e. The molecule has 0 aliphatic carbocycles. The molecule has 0 saturated carbocycles. The molecule has 0 saturated heterocycles. The van der Waals surface area contributed by atoms with Crippen molar-refractivity contribution in [3.8, 4) is 28.2 Å². The summed E-state index contributed by atoms with van der Waals surface area (Å²) in [5.41, 5.74) is 8.16. The molecular weight excluding hydrogens is 526 g/mol. The minimum absolute atomic E-state index is 0.849. The lowest BCUT2D eigenvalue weighted by atomic mass is 9.99. The van der Waals surface area contributed by atoms with E-state index in [1.54, 1.807) is 4.80 Å². The summed E-state index contributed by atoms with van der Waals surface area (Å²) in [6.07, 6.45) is 0. The molecule has 0 bridgehead atoms. The molecule has 0 radical (unpaired) electrons. The fraction of sp³-hybridized carbons (Fsp3) is 0. The summed E-state index contributed by atoms with van der Waals surface area (Å²) in [5.74, 6) is 0. The van der Waals surface area contributed by atoms with E-state index in [1.807, 2.05) is 42.5 Å². The molecule has 9 aromatic rings. The van der Waals surface area contributed by atoms with Crippen molar-refractivity contribution in [3.05, 3.63) is 140 Å². The summed E-state index contributed by atoms with van der Waals surface area (Å²) >= 11 is 0. The van der Waals surface area contributed by atoms with Gasteiger partial charge in [-0.25, -0.2) is 9.97 Å². The Hall–Kier alpha value is -5.94. The van der Waals surface area contributed by atoms with Gasteiger partial charge in [-0.3, -0.25) is 0 Å². The third-order valence-electron chi connectivity index (χ3n) is 8.24. The van der Waals surface area contributed by atoms with Crippen LogP contribution in [0.3, 0.4) is 0 Å². The van der Waals surface area contributed by atoms with Gasteiger partial charge in [0, 0.05) is 21.9 Å². The number of hydrogen-bond acceptors (Lipinski definition) is 4. The fourth-order valence-electron chi connectivity index (χ4n) is 6.08. The first kappa shape index (κ1) is 23.7. The highest BCUT2D eigenvalue weighted by atomic mass is 15.5. The fourth-order valence-corrected chi connectivity index (χ4v) is 6.08. The van der Waals surface area contributed by atoms with Crippen LogP contribution in [0.15, 0.2) is 140 Å². The van der Waals surface area contributed by atoms with Crippen molar-refractivity contribution in [2.24, 2.45) is 0 Å². The Kier molecular flexibility index (Phi) is 5.13. The zero-order valence-electron chi connectivity index (χ0n) is 23.0. The van der Waals surface area contributed by atoms with Gasteiger partial charge in [0.05, 0.1) is 28.1 Å². The molecule has 0 unspecified atom stereocenters. The van der Waals surface area contributed by atoms with E-state index in [4.69, 9.17) is 20.2 Å². The lowest BCUT2D eigenvalue weighted by Crippen LogP contribution is -2.01. The summed E-state index contributed by atoms with van der Waals surface area (Å²) in [4.78, 5) is 12.1. The number of nitrogens with zero attached hydrogens (tertiary/aromatic N) is 5. The van der Waals surface area contributed by atoms with E-state index in [9.17, 15) is 0 Å². The lowest BCUT2D eigenvalue weighted by Gasteiger charge is -2.11. The van der Waals surface area contributed by atoms with Gasteiger partial charge in [0.15, 0.2) is 0 Å². The molecule has 5 nitrogen and oxygen atoms in total. The van der Waals surface area contributed by atoms with Gasteiger partial charge in [0.25, 0.3) is 0 Å². The van der Waals surface area contributed by atoms with E-state index < -0.39 is 0 Å². The Morgan fingerprint density at radius 1 is 0.419 bits per heavy atom. The Balaban J connectivity index is 1.19. The number of rotatable bonds is 3. The number of hydrogen-bond donors (Lipinski definition) is 0. The van der Waals surface area contributed by atoms with Crippen molar-refractivity contribution in [1.82, 2.24) is 25.0 Å². The van der Waals surface area contributed by atoms with E-state index in [-0.39, 0.29) is 0 Å². The monoisotopic (exact) mass is 549 g/mol. The first-order chi connectivity index (χ1) is 21.3. The molecule has 9 rings (SSSR count). The van der Waals surface area contributed by atoms with Gasteiger partial charge in [0.2, 0.25) is 0 Å². The summed E-state index contributed by atoms with van der Waals surface area (Å²) in [5, 5.41) is 16.5. The zero-order chi connectivity index (χ0) is 28.3. The molecule has 0 aliphatic heterocycles. The molecule has 0 fully saturated rings. The van der Waals surface area contributed by atoms with Gasteiger partial charge in [-0.2, -0.15) is 0 Å². The quantitative estimate of drug-likeness (QED) is 0.206. The van der Waals surface area contributed by atoms with Crippen LogP contribution in [0.1, 0.15) is 0 Å². The Labute approximate surface area is 246 Å². The average Bonchev–Trinajstić information content (AvgIpc) is 3.52. The molecular formula is C38H23N5. The largest absolute Gasteiger partial charge is 0.245 e. The normalized spacial score (nSPS) is 11.7. The molecule has 0 N–H and O–H groups in total. The van der Waals surface area contributed by atoms with Crippen LogP contribution in [0.5, 0.6) is 0 Å². The number of fused-ring (bicyclic) bond motifs is 7. The Morgan fingerprint density at radius 2 is 1.00 bits per heavy atom. The van der Waals surface area contributed by atoms with Crippen LogP contribution >= 0.6 is 0 Å². The van der Waals surface area contributed by atoms with Gasteiger partial charge in [0.1, 0.15) is 11.0 Å². The van der Waals surface area contributed by atoms with Gasteiger partial charge in [-0.1, -0.05) is 103 Å². The second-order valence-corrected chi connectivity index (χ2v) is 10.8. The van der Waals surface area contributed by atoms with E-state index in [2.05, 4.69) is 97.1 Å². The maximum Gasteiger partial charge on any atom is 0.113 e. The van der Waals surface area contributed by atoms with Crippen molar-refractivity contribution >= 4 is 54.4 Å². The van der Waals surface area contributed by atoms with Crippen LogP contribution < -0.4 is 0 Å². The summed E-state index contributed by atoms with van der Waals surface area (Å²) < 4.78 is 0. The van der Waals surface area contributed by atoms with Gasteiger partial charge in [-0.05, 0) is 57.9 Å². The lowest BCUT2D eigenvalue weighted by molar-refractivity contribution is 0.767.